The number of hydrogen-bond donors (Lipinski definition) is 1. The lowest BCUT2D eigenvalue weighted by atomic mass is 10.1. The fraction of sp³-hybridized carbons (Fsp3) is 0.619. The van der Waals surface area contributed by atoms with E-state index >= 15 is 0 Å². The molecule has 1 heterocycles. The first-order chi connectivity index (χ1) is 12.8. The molecule has 0 amide bonds. The number of halogens is 1. The van der Waals surface area contributed by atoms with E-state index in [1.165, 1.54) is 30.5 Å². The van der Waals surface area contributed by atoms with Crippen LogP contribution in [0.3, 0.4) is 0 Å². The standard InChI is InChI=1S/C21H34N4O2.HI/c1-21(2,3)27-19(26)15-23-20(22-4)24(5)16-17-9-11-18(12-10-17)25-13-7-6-8-14-25;/h9-12H,6-8,13-16H2,1-5H3,(H,22,23);1H. The van der Waals surface area contributed by atoms with Gasteiger partial charge in [-0.2, -0.15) is 0 Å². The average molecular weight is 502 g/mol. The summed E-state index contributed by atoms with van der Waals surface area (Å²) in [4.78, 5) is 20.6. The minimum absolute atomic E-state index is 0. The van der Waals surface area contributed by atoms with Crippen LogP contribution in [0.4, 0.5) is 5.69 Å². The van der Waals surface area contributed by atoms with Gasteiger partial charge in [-0.15, -0.1) is 24.0 Å². The smallest absolute Gasteiger partial charge is 0.325 e. The molecule has 0 aromatic heterocycles. The molecule has 158 valence electrons. The zero-order valence-corrected chi connectivity index (χ0v) is 20.2. The summed E-state index contributed by atoms with van der Waals surface area (Å²) in [6.07, 6.45) is 3.91. The van der Waals surface area contributed by atoms with Crippen molar-refractivity contribution < 1.29 is 9.53 Å². The second-order valence-electron chi connectivity index (χ2n) is 8.06. The van der Waals surface area contributed by atoms with E-state index in [4.69, 9.17) is 4.74 Å². The van der Waals surface area contributed by atoms with Crippen molar-refractivity contribution in [2.45, 2.75) is 52.2 Å². The Hall–Kier alpha value is -1.51. The lowest BCUT2D eigenvalue weighted by Crippen LogP contribution is -2.42. The van der Waals surface area contributed by atoms with Crippen molar-refractivity contribution in [3.05, 3.63) is 29.8 Å². The molecule has 2 rings (SSSR count). The zero-order valence-electron chi connectivity index (χ0n) is 17.8. The highest BCUT2D eigenvalue weighted by Gasteiger charge is 2.17. The third-order valence-electron chi connectivity index (χ3n) is 4.46. The third-order valence-corrected chi connectivity index (χ3v) is 4.46. The number of carbonyl (C=O) groups excluding carboxylic acids is 1. The lowest BCUT2D eigenvalue weighted by Gasteiger charge is -2.29. The molecule has 1 aromatic carbocycles. The average Bonchev–Trinajstić information content (AvgIpc) is 2.62. The van der Waals surface area contributed by atoms with Crippen LogP contribution in [-0.4, -0.2) is 56.2 Å². The van der Waals surface area contributed by atoms with Gasteiger partial charge in [0.05, 0.1) is 0 Å². The molecule has 0 unspecified atom stereocenters. The first-order valence-electron chi connectivity index (χ1n) is 9.76. The van der Waals surface area contributed by atoms with Gasteiger partial charge in [-0.05, 0) is 57.7 Å². The molecule has 1 N–H and O–H groups in total. The fourth-order valence-corrected chi connectivity index (χ4v) is 3.23. The summed E-state index contributed by atoms with van der Waals surface area (Å²) in [5.74, 6) is 0.379. The van der Waals surface area contributed by atoms with Crippen LogP contribution in [0.2, 0.25) is 0 Å². The van der Waals surface area contributed by atoms with E-state index in [1.54, 1.807) is 7.05 Å². The number of nitrogens with one attached hydrogen (secondary N) is 1. The Labute approximate surface area is 186 Å². The van der Waals surface area contributed by atoms with Crippen molar-refractivity contribution in [2.24, 2.45) is 4.99 Å². The zero-order chi connectivity index (χ0) is 19.9. The Balaban J connectivity index is 0.00000392. The predicted octanol–water partition coefficient (Wildman–Crippen LogP) is 3.64. The summed E-state index contributed by atoms with van der Waals surface area (Å²) in [7, 11) is 3.68. The van der Waals surface area contributed by atoms with Crippen LogP contribution < -0.4 is 10.2 Å². The van der Waals surface area contributed by atoms with E-state index in [2.05, 4.69) is 39.5 Å². The van der Waals surface area contributed by atoms with E-state index in [9.17, 15) is 4.79 Å². The number of ether oxygens (including phenoxy) is 1. The van der Waals surface area contributed by atoms with Crippen molar-refractivity contribution in [3.63, 3.8) is 0 Å². The van der Waals surface area contributed by atoms with Gasteiger partial charge in [-0.25, -0.2) is 0 Å². The summed E-state index contributed by atoms with van der Waals surface area (Å²) in [6, 6.07) is 8.74. The highest BCUT2D eigenvalue weighted by atomic mass is 127. The number of anilines is 1. The van der Waals surface area contributed by atoms with E-state index in [1.807, 2.05) is 32.7 Å². The molecule has 0 radical (unpaired) electrons. The van der Waals surface area contributed by atoms with Crippen molar-refractivity contribution in [3.8, 4) is 0 Å². The second-order valence-corrected chi connectivity index (χ2v) is 8.06. The Bertz CT molecular complexity index is 635. The fourth-order valence-electron chi connectivity index (χ4n) is 3.23. The molecule has 7 heteroatoms. The molecule has 0 spiro atoms. The van der Waals surface area contributed by atoms with Gasteiger partial charge in [0.15, 0.2) is 5.96 Å². The number of nitrogens with zero attached hydrogens (tertiary/aromatic N) is 3. The maximum atomic E-state index is 11.9. The number of hydrogen-bond acceptors (Lipinski definition) is 4. The van der Waals surface area contributed by atoms with E-state index in [0.717, 1.165) is 13.1 Å². The maximum absolute atomic E-state index is 11.9. The second kappa shape index (κ2) is 11.5. The molecule has 0 bridgehead atoms. The first kappa shape index (κ1) is 24.5. The van der Waals surface area contributed by atoms with Gasteiger partial charge in [0.1, 0.15) is 12.1 Å². The van der Waals surface area contributed by atoms with Gasteiger partial charge in [-0.3, -0.25) is 9.79 Å². The van der Waals surface area contributed by atoms with Gasteiger partial charge in [0, 0.05) is 39.4 Å². The summed E-state index contributed by atoms with van der Waals surface area (Å²) in [5.41, 5.74) is 2.02. The van der Waals surface area contributed by atoms with Crippen LogP contribution in [0.5, 0.6) is 0 Å². The molecule has 1 aliphatic rings. The minimum atomic E-state index is -0.482. The summed E-state index contributed by atoms with van der Waals surface area (Å²) in [6.45, 7) is 8.70. The maximum Gasteiger partial charge on any atom is 0.325 e. The molecule has 0 aliphatic carbocycles. The van der Waals surface area contributed by atoms with E-state index in [-0.39, 0.29) is 36.5 Å². The summed E-state index contributed by atoms with van der Waals surface area (Å²) in [5, 5.41) is 3.07. The van der Waals surface area contributed by atoms with Crippen LogP contribution in [0.15, 0.2) is 29.3 Å². The molecule has 1 fully saturated rings. The van der Waals surface area contributed by atoms with Crippen LogP contribution in [-0.2, 0) is 16.1 Å². The third kappa shape index (κ3) is 8.24. The highest BCUT2D eigenvalue weighted by molar-refractivity contribution is 14.0. The Kier molecular flexibility index (Phi) is 10.1. The van der Waals surface area contributed by atoms with Crippen LogP contribution in [0, 0.1) is 0 Å². The van der Waals surface area contributed by atoms with Gasteiger partial charge < -0.3 is 19.9 Å². The lowest BCUT2D eigenvalue weighted by molar-refractivity contribution is -0.153. The first-order valence-corrected chi connectivity index (χ1v) is 9.76. The van der Waals surface area contributed by atoms with Gasteiger partial charge in [-0.1, -0.05) is 12.1 Å². The number of carbonyl (C=O) groups is 1. The normalized spacial score (nSPS) is 14.9. The highest BCUT2D eigenvalue weighted by Crippen LogP contribution is 2.20. The van der Waals surface area contributed by atoms with Crippen molar-refractivity contribution in [1.82, 2.24) is 10.2 Å². The van der Waals surface area contributed by atoms with Crippen LogP contribution in [0.25, 0.3) is 0 Å². The summed E-state index contributed by atoms with van der Waals surface area (Å²) < 4.78 is 5.32. The topological polar surface area (TPSA) is 57.2 Å². The number of esters is 1. The van der Waals surface area contributed by atoms with Crippen LogP contribution >= 0.6 is 24.0 Å². The molecule has 0 atom stereocenters. The SMILES string of the molecule is CN=C(NCC(=O)OC(C)(C)C)N(C)Cc1ccc(N2CCCCC2)cc1.I. The number of benzene rings is 1. The molecule has 28 heavy (non-hydrogen) atoms. The number of piperidine rings is 1. The Morgan fingerprint density at radius 2 is 1.79 bits per heavy atom. The Morgan fingerprint density at radius 1 is 1.18 bits per heavy atom. The molecule has 0 saturated carbocycles. The van der Waals surface area contributed by atoms with E-state index in [0.29, 0.717) is 12.5 Å². The molecule has 1 saturated heterocycles. The minimum Gasteiger partial charge on any atom is -0.459 e. The van der Waals surface area contributed by atoms with Crippen molar-refractivity contribution in [2.75, 3.05) is 38.6 Å². The quantitative estimate of drug-likeness (QED) is 0.289. The van der Waals surface area contributed by atoms with Gasteiger partial charge in [0.2, 0.25) is 0 Å². The van der Waals surface area contributed by atoms with Crippen molar-refractivity contribution in [1.29, 1.82) is 0 Å². The van der Waals surface area contributed by atoms with Crippen molar-refractivity contribution >= 4 is 41.6 Å². The molecule has 1 aliphatic heterocycles. The molecular formula is C21H35IN4O2. The largest absolute Gasteiger partial charge is 0.459 e. The summed E-state index contributed by atoms with van der Waals surface area (Å²) >= 11 is 0. The number of rotatable bonds is 5. The Morgan fingerprint density at radius 3 is 2.32 bits per heavy atom. The van der Waals surface area contributed by atoms with E-state index < -0.39 is 5.60 Å². The van der Waals surface area contributed by atoms with Gasteiger partial charge >= 0.3 is 5.97 Å². The monoisotopic (exact) mass is 502 g/mol. The predicted molar refractivity (Wildman–Crippen MR) is 127 cm³/mol. The van der Waals surface area contributed by atoms with Gasteiger partial charge in [0.25, 0.3) is 0 Å². The number of aliphatic imine (C=N–C) groups is 1. The molecule has 1 aromatic rings. The number of guanidine groups is 1. The van der Waals surface area contributed by atoms with Crippen LogP contribution in [0.1, 0.15) is 45.6 Å². The molecule has 6 nitrogen and oxygen atoms in total. The molecular weight excluding hydrogens is 467 g/mol.